The van der Waals surface area contributed by atoms with E-state index in [0.717, 1.165) is 6.08 Å². The van der Waals surface area contributed by atoms with Gasteiger partial charge < -0.3 is 10.8 Å². The van der Waals surface area contributed by atoms with Gasteiger partial charge in [-0.3, -0.25) is 19.9 Å². The van der Waals surface area contributed by atoms with Crippen LogP contribution in [0, 0.1) is 0 Å². The number of H-pyrrole nitrogens is 1. The van der Waals surface area contributed by atoms with Crippen LogP contribution in [-0.4, -0.2) is 32.9 Å². The first kappa shape index (κ1) is 14.9. The number of rotatable bonds is 3. The molecule has 1 heterocycles. The predicted molar refractivity (Wildman–Crippen MR) is 78.6 cm³/mol. The van der Waals surface area contributed by atoms with E-state index in [-0.39, 0.29) is 11.9 Å². The van der Waals surface area contributed by atoms with Crippen molar-refractivity contribution in [2.75, 3.05) is 0 Å². The van der Waals surface area contributed by atoms with Crippen molar-refractivity contribution in [3.05, 3.63) is 46.8 Å². The standard InChI is InChI=1S/C13H11N5O4/c14-12(16-9(19)5-6-10(20)21)18-13-15-8-4-2-1-3-7(8)11(22)17-13/h1-6H,(H,20,21)(H4,14,15,16,17,18,19,22). The van der Waals surface area contributed by atoms with Gasteiger partial charge in [0.05, 0.1) is 10.9 Å². The Morgan fingerprint density at radius 3 is 2.77 bits per heavy atom. The Labute approximate surface area is 123 Å². The molecule has 9 nitrogen and oxygen atoms in total. The lowest BCUT2D eigenvalue weighted by Crippen LogP contribution is -2.35. The third-order valence-electron chi connectivity index (χ3n) is 2.46. The van der Waals surface area contributed by atoms with E-state index < -0.39 is 17.4 Å². The molecule has 2 rings (SSSR count). The SMILES string of the molecule is NC(=Nc1nc2ccccc2c(=O)[nH]1)NC(=O)C=CC(=O)O. The molecule has 0 fully saturated rings. The van der Waals surface area contributed by atoms with Gasteiger partial charge in [-0.05, 0) is 12.1 Å². The van der Waals surface area contributed by atoms with Gasteiger partial charge in [0.1, 0.15) is 0 Å². The normalized spacial score (nSPS) is 11.7. The molecule has 0 atom stereocenters. The lowest BCUT2D eigenvalue weighted by Gasteiger charge is -2.01. The minimum absolute atomic E-state index is 0.0799. The molecule has 1 amide bonds. The van der Waals surface area contributed by atoms with Crippen LogP contribution in [0.15, 0.2) is 46.2 Å². The molecule has 0 aliphatic rings. The largest absolute Gasteiger partial charge is 0.478 e. The second-order valence-electron chi connectivity index (χ2n) is 4.06. The maximum Gasteiger partial charge on any atom is 0.328 e. The fourth-order valence-corrected chi connectivity index (χ4v) is 1.58. The van der Waals surface area contributed by atoms with E-state index in [1.54, 1.807) is 24.3 Å². The number of benzene rings is 1. The Morgan fingerprint density at radius 2 is 2.05 bits per heavy atom. The Morgan fingerprint density at radius 1 is 1.32 bits per heavy atom. The quantitative estimate of drug-likeness (QED) is 0.345. The van der Waals surface area contributed by atoms with E-state index in [4.69, 9.17) is 10.8 Å². The molecule has 9 heteroatoms. The summed E-state index contributed by atoms with van der Waals surface area (Å²) in [5.74, 6) is -2.46. The first-order valence-electron chi connectivity index (χ1n) is 6.01. The molecule has 0 unspecified atom stereocenters. The number of para-hydroxylation sites is 1. The van der Waals surface area contributed by atoms with Crippen molar-refractivity contribution in [2.45, 2.75) is 0 Å². The van der Waals surface area contributed by atoms with Gasteiger partial charge in [-0.15, -0.1) is 0 Å². The molecule has 0 spiro atoms. The summed E-state index contributed by atoms with van der Waals surface area (Å²) in [5, 5.41) is 10.9. The number of carboxylic acid groups (broad SMARTS) is 1. The summed E-state index contributed by atoms with van der Waals surface area (Å²) in [6.45, 7) is 0. The van der Waals surface area contributed by atoms with E-state index in [9.17, 15) is 14.4 Å². The predicted octanol–water partition coefficient (Wildman–Crippen LogP) is -0.374. The van der Waals surface area contributed by atoms with E-state index in [1.807, 2.05) is 0 Å². The van der Waals surface area contributed by atoms with Crippen molar-refractivity contribution in [1.82, 2.24) is 15.3 Å². The third-order valence-corrected chi connectivity index (χ3v) is 2.46. The van der Waals surface area contributed by atoms with Crippen molar-refractivity contribution in [3.8, 4) is 0 Å². The maximum absolute atomic E-state index is 11.8. The van der Waals surface area contributed by atoms with E-state index in [0.29, 0.717) is 17.0 Å². The van der Waals surface area contributed by atoms with Gasteiger partial charge >= 0.3 is 5.97 Å². The van der Waals surface area contributed by atoms with Crippen molar-refractivity contribution in [1.29, 1.82) is 0 Å². The first-order valence-corrected chi connectivity index (χ1v) is 6.01. The van der Waals surface area contributed by atoms with Crippen molar-refractivity contribution >= 4 is 34.7 Å². The highest BCUT2D eigenvalue weighted by molar-refractivity contribution is 6.04. The number of carbonyl (C=O) groups excluding carboxylic acids is 1. The summed E-state index contributed by atoms with van der Waals surface area (Å²) in [7, 11) is 0. The molecule has 0 aliphatic carbocycles. The van der Waals surface area contributed by atoms with Gasteiger partial charge in [-0.1, -0.05) is 12.1 Å². The van der Waals surface area contributed by atoms with Crippen LogP contribution in [0.25, 0.3) is 10.9 Å². The minimum atomic E-state index is -1.27. The van der Waals surface area contributed by atoms with Crippen LogP contribution >= 0.6 is 0 Å². The molecule has 0 saturated heterocycles. The number of aromatic amines is 1. The zero-order chi connectivity index (χ0) is 16.1. The van der Waals surface area contributed by atoms with E-state index >= 15 is 0 Å². The Kier molecular flexibility index (Phi) is 4.27. The summed E-state index contributed by atoms with van der Waals surface area (Å²) < 4.78 is 0. The zero-order valence-corrected chi connectivity index (χ0v) is 11.1. The van der Waals surface area contributed by atoms with Gasteiger partial charge in [0, 0.05) is 12.2 Å². The number of aliphatic imine (C=N–C) groups is 1. The maximum atomic E-state index is 11.8. The summed E-state index contributed by atoms with van der Waals surface area (Å²) >= 11 is 0. The highest BCUT2D eigenvalue weighted by atomic mass is 16.4. The minimum Gasteiger partial charge on any atom is -0.478 e. The van der Waals surface area contributed by atoms with Crippen LogP contribution in [0.1, 0.15) is 0 Å². The number of carboxylic acids is 1. The van der Waals surface area contributed by atoms with Gasteiger partial charge in [0.2, 0.25) is 11.9 Å². The number of hydrogen-bond acceptors (Lipinski definition) is 5. The van der Waals surface area contributed by atoms with Gasteiger partial charge in [0.15, 0.2) is 0 Å². The fourth-order valence-electron chi connectivity index (χ4n) is 1.58. The number of hydrogen-bond donors (Lipinski definition) is 4. The Hall–Kier alpha value is -3.49. The average molecular weight is 301 g/mol. The number of nitrogens with one attached hydrogen (secondary N) is 2. The number of carbonyl (C=O) groups is 2. The molecule has 0 aliphatic heterocycles. The monoisotopic (exact) mass is 301 g/mol. The molecule has 0 radical (unpaired) electrons. The van der Waals surface area contributed by atoms with Crippen LogP contribution in [0.5, 0.6) is 0 Å². The topological polar surface area (TPSA) is 151 Å². The molecular formula is C13H11N5O4. The van der Waals surface area contributed by atoms with Crippen LogP contribution in [0.2, 0.25) is 0 Å². The molecule has 0 saturated carbocycles. The molecule has 22 heavy (non-hydrogen) atoms. The van der Waals surface area contributed by atoms with Crippen LogP contribution < -0.4 is 16.6 Å². The number of aliphatic carboxylic acids is 1. The fraction of sp³-hybridized carbons (Fsp3) is 0. The molecule has 1 aromatic heterocycles. The van der Waals surface area contributed by atoms with Crippen molar-refractivity contribution < 1.29 is 14.7 Å². The van der Waals surface area contributed by atoms with E-state index in [1.165, 1.54) is 0 Å². The smallest absolute Gasteiger partial charge is 0.328 e. The Balaban J connectivity index is 2.23. The lowest BCUT2D eigenvalue weighted by molar-refractivity contribution is -0.131. The number of nitrogens with zero attached hydrogens (tertiary/aromatic N) is 2. The first-order chi connectivity index (χ1) is 10.5. The third kappa shape index (κ3) is 3.76. The summed E-state index contributed by atoms with van der Waals surface area (Å²) in [5.41, 5.74) is 5.51. The number of guanidine groups is 1. The van der Waals surface area contributed by atoms with Crippen molar-refractivity contribution in [3.63, 3.8) is 0 Å². The highest BCUT2D eigenvalue weighted by Gasteiger charge is 2.04. The van der Waals surface area contributed by atoms with Gasteiger partial charge in [-0.25, -0.2) is 9.78 Å². The zero-order valence-electron chi connectivity index (χ0n) is 11.1. The summed E-state index contributed by atoms with van der Waals surface area (Å²) in [6, 6.07) is 6.65. The lowest BCUT2D eigenvalue weighted by atomic mass is 10.2. The number of fused-ring (bicyclic) bond motifs is 1. The van der Waals surface area contributed by atoms with Crippen molar-refractivity contribution in [2.24, 2.45) is 10.7 Å². The molecule has 0 bridgehead atoms. The van der Waals surface area contributed by atoms with Crippen LogP contribution in [0.4, 0.5) is 5.95 Å². The van der Waals surface area contributed by atoms with Gasteiger partial charge in [-0.2, -0.15) is 4.99 Å². The van der Waals surface area contributed by atoms with Crippen LogP contribution in [0.3, 0.4) is 0 Å². The van der Waals surface area contributed by atoms with E-state index in [2.05, 4.69) is 20.3 Å². The molecular weight excluding hydrogens is 290 g/mol. The number of aromatic nitrogens is 2. The second kappa shape index (κ2) is 6.31. The van der Waals surface area contributed by atoms with Gasteiger partial charge in [0.25, 0.3) is 11.5 Å². The molecule has 1 aromatic carbocycles. The second-order valence-corrected chi connectivity index (χ2v) is 4.06. The Bertz CT molecular complexity index is 853. The summed E-state index contributed by atoms with van der Waals surface area (Å²) in [4.78, 5) is 43.6. The summed E-state index contributed by atoms with van der Waals surface area (Å²) in [6.07, 6.45) is 1.43. The average Bonchev–Trinajstić information content (AvgIpc) is 2.45. The molecule has 112 valence electrons. The van der Waals surface area contributed by atoms with Crippen LogP contribution in [-0.2, 0) is 9.59 Å². The molecule has 2 aromatic rings. The molecule has 5 N–H and O–H groups in total. The highest BCUT2D eigenvalue weighted by Crippen LogP contribution is 2.09. The number of amides is 1. The number of nitrogens with two attached hydrogens (primary N) is 1.